The van der Waals surface area contributed by atoms with Crippen LogP contribution in [0, 0.1) is 5.92 Å². The smallest absolute Gasteiger partial charge is 0.0356 e. The molecular formula is C11H17N. The molecule has 1 aliphatic carbocycles. The van der Waals surface area contributed by atoms with Crippen molar-refractivity contribution in [1.82, 2.24) is 4.57 Å². The Balaban J connectivity index is 2.07. The molecule has 1 nitrogen and oxygen atoms in total. The highest BCUT2D eigenvalue weighted by molar-refractivity contribution is 4.95. The van der Waals surface area contributed by atoms with Crippen LogP contribution in [-0.4, -0.2) is 4.57 Å². The summed E-state index contributed by atoms with van der Waals surface area (Å²) in [5.41, 5.74) is 0. The molecule has 0 radical (unpaired) electrons. The van der Waals surface area contributed by atoms with Crippen molar-refractivity contribution in [2.24, 2.45) is 5.92 Å². The van der Waals surface area contributed by atoms with Crippen molar-refractivity contribution in [2.75, 3.05) is 0 Å². The maximum Gasteiger partial charge on any atom is 0.0356 e. The van der Waals surface area contributed by atoms with E-state index in [0.29, 0.717) is 0 Å². The molecule has 1 aromatic heterocycles. The van der Waals surface area contributed by atoms with E-state index in [1.807, 2.05) is 0 Å². The molecule has 0 spiro atoms. The molecule has 2 rings (SSSR count). The van der Waals surface area contributed by atoms with E-state index < -0.39 is 0 Å². The van der Waals surface area contributed by atoms with Crippen LogP contribution in [0.25, 0.3) is 0 Å². The molecule has 1 atom stereocenters. The normalized spacial score (nSPS) is 20.4. The van der Waals surface area contributed by atoms with Gasteiger partial charge < -0.3 is 4.57 Å². The van der Waals surface area contributed by atoms with E-state index in [0.717, 1.165) is 12.0 Å². The lowest BCUT2D eigenvalue weighted by molar-refractivity contribution is 0.204. The van der Waals surface area contributed by atoms with Gasteiger partial charge in [0.05, 0.1) is 0 Å². The molecule has 0 saturated heterocycles. The number of hydrogen-bond acceptors (Lipinski definition) is 0. The maximum atomic E-state index is 2.38. The van der Waals surface area contributed by atoms with Crippen LogP contribution < -0.4 is 0 Å². The first kappa shape index (κ1) is 7.90. The molecule has 1 aromatic rings. The first-order valence-corrected chi connectivity index (χ1v) is 5.04. The van der Waals surface area contributed by atoms with Gasteiger partial charge in [0, 0.05) is 18.4 Å². The van der Waals surface area contributed by atoms with Gasteiger partial charge in [-0.25, -0.2) is 0 Å². The standard InChI is InChI=1S/C11H17N/c1-2-11(10-6-5-7-10)12-8-3-4-9-12/h3-4,8-11H,2,5-7H2,1H3. The van der Waals surface area contributed by atoms with E-state index in [1.165, 1.54) is 25.7 Å². The average molecular weight is 163 g/mol. The Labute approximate surface area is 74.4 Å². The number of nitrogens with zero attached hydrogens (tertiary/aromatic N) is 1. The van der Waals surface area contributed by atoms with Gasteiger partial charge in [-0.15, -0.1) is 0 Å². The van der Waals surface area contributed by atoms with Crippen molar-refractivity contribution >= 4 is 0 Å². The fraction of sp³-hybridized carbons (Fsp3) is 0.636. The van der Waals surface area contributed by atoms with Crippen LogP contribution in [-0.2, 0) is 0 Å². The van der Waals surface area contributed by atoms with Gasteiger partial charge in [-0.1, -0.05) is 13.3 Å². The summed E-state index contributed by atoms with van der Waals surface area (Å²) in [6, 6.07) is 5.02. The molecule has 66 valence electrons. The van der Waals surface area contributed by atoms with Crippen molar-refractivity contribution in [3.63, 3.8) is 0 Å². The van der Waals surface area contributed by atoms with Crippen LogP contribution in [0.2, 0.25) is 0 Å². The zero-order chi connectivity index (χ0) is 8.39. The van der Waals surface area contributed by atoms with Gasteiger partial charge in [-0.2, -0.15) is 0 Å². The van der Waals surface area contributed by atoms with Gasteiger partial charge in [-0.3, -0.25) is 0 Å². The quantitative estimate of drug-likeness (QED) is 0.644. The molecule has 1 heteroatoms. The molecule has 0 bridgehead atoms. The van der Waals surface area contributed by atoms with Crippen LogP contribution in [0.15, 0.2) is 24.5 Å². The predicted octanol–water partition coefficient (Wildman–Crippen LogP) is 3.24. The van der Waals surface area contributed by atoms with Crippen LogP contribution >= 0.6 is 0 Å². The number of hydrogen-bond donors (Lipinski definition) is 0. The topological polar surface area (TPSA) is 4.93 Å². The lowest BCUT2D eigenvalue weighted by atomic mass is 9.79. The zero-order valence-corrected chi connectivity index (χ0v) is 7.74. The van der Waals surface area contributed by atoms with Crippen molar-refractivity contribution < 1.29 is 0 Å². The minimum atomic E-state index is 0.772. The Kier molecular flexibility index (Phi) is 2.20. The van der Waals surface area contributed by atoms with Gasteiger partial charge in [-0.05, 0) is 37.3 Å². The van der Waals surface area contributed by atoms with Crippen molar-refractivity contribution in [3.05, 3.63) is 24.5 Å². The number of aromatic nitrogens is 1. The molecule has 0 aliphatic heterocycles. The van der Waals surface area contributed by atoms with E-state index in [4.69, 9.17) is 0 Å². The Hall–Kier alpha value is -0.720. The van der Waals surface area contributed by atoms with E-state index in [9.17, 15) is 0 Å². The van der Waals surface area contributed by atoms with E-state index >= 15 is 0 Å². The van der Waals surface area contributed by atoms with Crippen molar-refractivity contribution in [3.8, 4) is 0 Å². The SMILES string of the molecule is CCC(C1CCC1)n1cccc1. The van der Waals surface area contributed by atoms with E-state index in [1.54, 1.807) is 0 Å². The number of rotatable bonds is 3. The van der Waals surface area contributed by atoms with Crippen molar-refractivity contribution in [2.45, 2.75) is 38.6 Å². The maximum absolute atomic E-state index is 2.38. The van der Waals surface area contributed by atoms with Crippen LogP contribution in [0.5, 0.6) is 0 Å². The second kappa shape index (κ2) is 3.34. The highest BCUT2D eigenvalue weighted by Gasteiger charge is 2.26. The van der Waals surface area contributed by atoms with Gasteiger partial charge >= 0.3 is 0 Å². The van der Waals surface area contributed by atoms with Gasteiger partial charge in [0.15, 0.2) is 0 Å². The molecule has 12 heavy (non-hydrogen) atoms. The minimum Gasteiger partial charge on any atom is -0.351 e. The second-order valence-electron chi connectivity index (χ2n) is 3.80. The van der Waals surface area contributed by atoms with Crippen molar-refractivity contribution in [1.29, 1.82) is 0 Å². The first-order chi connectivity index (χ1) is 5.92. The summed E-state index contributed by atoms with van der Waals surface area (Å²) in [6.07, 6.45) is 10.0. The summed E-state index contributed by atoms with van der Waals surface area (Å²) in [7, 11) is 0. The lowest BCUT2D eigenvalue weighted by Crippen LogP contribution is -2.23. The molecule has 0 aromatic carbocycles. The second-order valence-corrected chi connectivity index (χ2v) is 3.80. The third-order valence-corrected chi connectivity index (χ3v) is 3.12. The first-order valence-electron chi connectivity index (χ1n) is 5.04. The summed E-state index contributed by atoms with van der Waals surface area (Å²) in [6.45, 7) is 2.29. The molecule has 1 saturated carbocycles. The average Bonchev–Trinajstić information content (AvgIpc) is 2.47. The van der Waals surface area contributed by atoms with Gasteiger partial charge in [0.25, 0.3) is 0 Å². The monoisotopic (exact) mass is 163 g/mol. The predicted molar refractivity (Wildman–Crippen MR) is 51.1 cm³/mol. The Morgan fingerprint density at radius 2 is 2.00 bits per heavy atom. The minimum absolute atomic E-state index is 0.772. The summed E-state index contributed by atoms with van der Waals surface area (Å²) in [4.78, 5) is 0. The van der Waals surface area contributed by atoms with Crippen LogP contribution in [0.3, 0.4) is 0 Å². The van der Waals surface area contributed by atoms with Crippen LogP contribution in [0.1, 0.15) is 38.6 Å². The molecule has 1 heterocycles. The fourth-order valence-corrected chi connectivity index (χ4v) is 2.18. The fourth-order valence-electron chi connectivity index (χ4n) is 2.18. The Bertz CT molecular complexity index is 221. The molecule has 0 N–H and O–H groups in total. The van der Waals surface area contributed by atoms with E-state index in [-0.39, 0.29) is 0 Å². The highest BCUT2D eigenvalue weighted by Crippen LogP contribution is 2.37. The molecule has 1 unspecified atom stereocenters. The summed E-state index contributed by atoms with van der Waals surface area (Å²) in [5.74, 6) is 0.961. The summed E-state index contributed by atoms with van der Waals surface area (Å²) in [5, 5.41) is 0. The zero-order valence-electron chi connectivity index (χ0n) is 7.74. The summed E-state index contributed by atoms with van der Waals surface area (Å²) >= 11 is 0. The largest absolute Gasteiger partial charge is 0.351 e. The highest BCUT2D eigenvalue weighted by atomic mass is 15.0. The van der Waals surface area contributed by atoms with Gasteiger partial charge in [0.1, 0.15) is 0 Å². The third-order valence-electron chi connectivity index (χ3n) is 3.12. The third kappa shape index (κ3) is 1.28. The Morgan fingerprint density at radius 1 is 1.33 bits per heavy atom. The Morgan fingerprint density at radius 3 is 2.42 bits per heavy atom. The molecular weight excluding hydrogens is 146 g/mol. The van der Waals surface area contributed by atoms with Crippen LogP contribution in [0.4, 0.5) is 0 Å². The summed E-state index contributed by atoms with van der Waals surface area (Å²) < 4.78 is 2.38. The lowest BCUT2D eigenvalue weighted by Gasteiger charge is -2.34. The molecule has 1 aliphatic rings. The van der Waals surface area contributed by atoms with Gasteiger partial charge in [0.2, 0.25) is 0 Å². The molecule has 0 amide bonds. The van der Waals surface area contributed by atoms with E-state index in [2.05, 4.69) is 36.0 Å². The molecule has 1 fully saturated rings.